The lowest BCUT2D eigenvalue weighted by Gasteiger charge is -2.24. The number of primary amides is 1. The number of amides is 1. The molecule has 20 heavy (non-hydrogen) atoms. The maximum Gasteiger partial charge on any atom is 0.236 e. The number of hydrogen-bond donors (Lipinski definition) is 2. The molecule has 0 aliphatic heterocycles. The van der Waals surface area contributed by atoms with Crippen LogP contribution in [0.2, 0.25) is 0 Å². The highest BCUT2D eigenvalue weighted by atomic mass is 16.1. The fourth-order valence-corrected chi connectivity index (χ4v) is 1.87. The van der Waals surface area contributed by atoms with Crippen LogP contribution >= 0.6 is 0 Å². The zero-order valence-electron chi connectivity index (χ0n) is 12.6. The van der Waals surface area contributed by atoms with Gasteiger partial charge in [-0.1, -0.05) is 20.3 Å². The largest absolute Gasteiger partial charge is 0.368 e. The highest BCUT2D eigenvalue weighted by Crippen LogP contribution is 2.18. The Hall–Kier alpha value is -1.85. The van der Waals surface area contributed by atoms with Gasteiger partial charge in [-0.15, -0.1) is 0 Å². The van der Waals surface area contributed by atoms with Crippen LogP contribution in [-0.4, -0.2) is 35.5 Å². The van der Waals surface area contributed by atoms with Crippen LogP contribution in [0.15, 0.2) is 6.20 Å². The fraction of sp³-hybridized carbons (Fsp3) is 0.643. The molecule has 0 aliphatic rings. The smallest absolute Gasteiger partial charge is 0.236 e. The summed E-state index contributed by atoms with van der Waals surface area (Å²) in [5.74, 6) is 1.03. The fourth-order valence-electron chi connectivity index (χ4n) is 1.87. The van der Waals surface area contributed by atoms with Gasteiger partial charge in [0.2, 0.25) is 11.9 Å². The van der Waals surface area contributed by atoms with E-state index in [1.54, 1.807) is 6.20 Å². The van der Waals surface area contributed by atoms with Gasteiger partial charge in [-0.25, -0.2) is 4.98 Å². The predicted octanol–water partition coefficient (Wildman–Crippen LogP) is 1.70. The first-order valence-electron chi connectivity index (χ1n) is 7.19. The van der Waals surface area contributed by atoms with Gasteiger partial charge in [0.1, 0.15) is 5.82 Å². The minimum atomic E-state index is -0.345. The topological polar surface area (TPSA) is 84.1 Å². The first-order valence-corrected chi connectivity index (χ1v) is 7.19. The minimum absolute atomic E-state index is 0.186. The quantitative estimate of drug-likeness (QED) is 0.718. The molecule has 1 rings (SSSR count). The predicted molar refractivity (Wildman–Crippen MR) is 81.9 cm³/mol. The molecule has 0 saturated heterocycles. The minimum Gasteiger partial charge on any atom is -0.368 e. The number of aromatic nitrogens is 2. The van der Waals surface area contributed by atoms with Gasteiger partial charge in [0.25, 0.3) is 0 Å². The molecule has 1 aromatic heterocycles. The van der Waals surface area contributed by atoms with Crippen LogP contribution in [0.1, 0.15) is 38.7 Å². The molecule has 0 bridgehead atoms. The van der Waals surface area contributed by atoms with Gasteiger partial charge in [0.15, 0.2) is 0 Å². The standard InChI is InChI=1S/C14H25N5O/c1-4-6-8-19(10-12(15)20)13-11(3)9-17-14(18-13)16-7-5-2/h9H,4-8,10H2,1-3H3,(H2,15,20)(H,16,17,18). The van der Waals surface area contributed by atoms with Crippen molar-refractivity contribution in [2.45, 2.75) is 40.0 Å². The Morgan fingerprint density at radius 1 is 1.40 bits per heavy atom. The lowest BCUT2D eigenvalue weighted by molar-refractivity contribution is -0.116. The summed E-state index contributed by atoms with van der Waals surface area (Å²) in [5, 5.41) is 3.16. The number of rotatable bonds is 9. The summed E-state index contributed by atoms with van der Waals surface area (Å²) < 4.78 is 0. The highest BCUT2D eigenvalue weighted by Gasteiger charge is 2.14. The number of unbranched alkanes of at least 4 members (excludes halogenated alkanes) is 1. The number of carbonyl (C=O) groups is 1. The third kappa shape index (κ3) is 5.03. The van der Waals surface area contributed by atoms with Crippen LogP contribution in [0.3, 0.4) is 0 Å². The van der Waals surface area contributed by atoms with E-state index in [1.807, 2.05) is 11.8 Å². The molecule has 112 valence electrons. The summed E-state index contributed by atoms with van der Waals surface area (Å²) in [7, 11) is 0. The van der Waals surface area contributed by atoms with Gasteiger partial charge in [-0.2, -0.15) is 4.98 Å². The van der Waals surface area contributed by atoms with Crippen molar-refractivity contribution in [1.29, 1.82) is 0 Å². The number of anilines is 2. The highest BCUT2D eigenvalue weighted by molar-refractivity contribution is 5.79. The van der Waals surface area contributed by atoms with Gasteiger partial charge in [-0.05, 0) is 19.8 Å². The zero-order chi connectivity index (χ0) is 15.0. The van der Waals surface area contributed by atoms with E-state index in [0.717, 1.165) is 43.7 Å². The molecule has 1 amide bonds. The number of hydrogen-bond acceptors (Lipinski definition) is 5. The molecule has 0 spiro atoms. The molecular formula is C14H25N5O. The molecule has 0 radical (unpaired) electrons. The molecule has 0 aliphatic carbocycles. The normalized spacial score (nSPS) is 10.3. The van der Waals surface area contributed by atoms with Crippen molar-refractivity contribution < 1.29 is 4.79 Å². The van der Waals surface area contributed by atoms with Crippen molar-refractivity contribution in [2.75, 3.05) is 29.9 Å². The molecule has 0 aromatic carbocycles. The Labute approximate surface area is 120 Å². The molecule has 1 heterocycles. The second kappa shape index (κ2) is 8.35. The van der Waals surface area contributed by atoms with Crippen molar-refractivity contribution in [3.8, 4) is 0 Å². The average Bonchev–Trinajstić information content (AvgIpc) is 2.42. The van der Waals surface area contributed by atoms with E-state index in [2.05, 4.69) is 29.1 Å². The van der Waals surface area contributed by atoms with Gasteiger partial charge >= 0.3 is 0 Å². The number of carbonyl (C=O) groups excluding carboxylic acids is 1. The summed E-state index contributed by atoms with van der Waals surface area (Å²) in [6.45, 7) is 7.92. The Balaban J connectivity index is 2.94. The van der Waals surface area contributed by atoms with E-state index in [9.17, 15) is 4.79 Å². The van der Waals surface area contributed by atoms with E-state index in [1.165, 1.54) is 0 Å². The molecule has 0 unspecified atom stereocenters. The number of aryl methyl sites for hydroxylation is 1. The average molecular weight is 279 g/mol. The Morgan fingerprint density at radius 2 is 2.15 bits per heavy atom. The number of nitrogens with zero attached hydrogens (tertiary/aromatic N) is 3. The van der Waals surface area contributed by atoms with Crippen LogP contribution in [0, 0.1) is 6.92 Å². The van der Waals surface area contributed by atoms with Gasteiger partial charge in [0.05, 0.1) is 6.54 Å². The third-order valence-electron chi connectivity index (χ3n) is 2.91. The maximum atomic E-state index is 11.2. The third-order valence-corrected chi connectivity index (χ3v) is 2.91. The van der Waals surface area contributed by atoms with Crippen molar-refractivity contribution in [1.82, 2.24) is 9.97 Å². The lowest BCUT2D eigenvalue weighted by Crippen LogP contribution is -2.35. The molecule has 0 fully saturated rings. The number of nitrogens with two attached hydrogens (primary N) is 1. The summed E-state index contributed by atoms with van der Waals surface area (Å²) in [6, 6.07) is 0. The molecule has 6 heteroatoms. The van der Waals surface area contributed by atoms with Crippen LogP contribution in [0.5, 0.6) is 0 Å². The maximum absolute atomic E-state index is 11.2. The molecule has 0 atom stereocenters. The monoisotopic (exact) mass is 279 g/mol. The van der Waals surface area contributed by atoms with Crippen molar-refractivity contribution in [3.05, 3.63) is 11.8 Å². The lowest BCUT2D eigenvalue weighted by atomic mass is 10.2. The van der Waals surface area contributed by atoms with Crippen molar-refractivity contribution in [3.63, 3.8) is 0 Å². The molecular weight excluding hydrogens is 254 g/mol. The van der Waals surface area contributed by atoms with Crippen LogP contribution < -0.4 is 16.0 Å². The van der Waals surface area contributed by atoms with Crippen molar-refractivity contribution >= 4 is 17.7 Å². The van der Waals surface area contributed by atoms with Gasteiger partial charge < -0.3 is 16.0 Å². The van der Waals surface area contributed by atoms with E-state index >= 15 is 0 Å². The van der Waals surface area contributed by atoms with Crippen LogP contribution in [0.25, 0.3) is 0 Å². The summed E-state index contributed by atoms with van der Waals surface area (Å²) >= 11 is 0. The first kappa shape index (κ1) is 16.2. The Morgan fingerprint density at radius 3 is 2.75 bits per heavy atom. The second-order valence-electron chi connectivity index (χ2n) is 4.87. The SMILES string of the molecule is CCCCN(CC(N)=O)c1nc(NCCC)ncc1C. The van der Waals surface area contributed by atoms with Gasteiger partial charge in [0, 0.05) is 24.8 Å². The molecule has 1 aromatic rings. The van der Waals surface area contributed by atoms with Gasteiger partial charge in [-0.3, -0.25) is 4.79 Å². The molecule has 0 saturated carbocycles. The van der Waals surface area contributed by atoms with E-state index in [0.29, 0.717) is 5.95 Å². The Kier molecular flexibility index (Phi) is 6.76. The zero-order valence-corrected chi connectivity index (χ0v) is 12.6. The van der Waals surface area contributed by atoms with E-state index in [4.69, 9.17) is 5.73 Å². The summed E-state index contributed by atoms with van der Waals surface area (Å²) in [4.78, 5) is 21.9. The molecule has 3 N–H and O–H groups in total. The summed E-state index contributed by atoms with van der Waals surface area (Å²) in [5.41, 5.74) is 6.28. The number of nitrogens with one attached hydrogen (secondary N) is 1. The van der Waals surface area contributed by atoms with E-state index in [-0.39, 0.29) is 12.5 Å². The first-order chi connectivity index (χ1) is 9.58. The Bertz CT molecular complexity index is 436. The van der Waals surface area contributed by atoms with Crippen LogP contribution in [-0.2, 0) is 4.79 Å². The summed E-state index contributed by atoms with van der Waals surface area (Å²) in [6.07, 6.45) is 4.84. The van der Waals surface area contributed by atoms with Crippen molar-refractivity contribution in [2.24, 2.45) is 5.73 Å². The molecule has 6 nitrogen and oxygen atoms in total. The van der Waals surface area contributed by atoms with Crippen LogP contribution in [0.4, 0.5) is 11.8 Å². The second-order valence-corrected chi connectivity index (χ2v) is 4.87. The van der Waals surface area contributed by atoms with E-state index < -0.39 is 0 Å².